The minimum Gasteiger partial charge on any atom is -0.462 e. The molecule has 0 atom stereocenters. The largest absolute Gasteiger partial charge is 0.462 e. The first-order chi connectivity index (χ1) is 16.7. The van der Waals surface area contributed by atoms with Crippen LogP contribution in [0.1, 0.15) is 45.1 Å². The van der Waals surface area contributed by atoms with Crippen molar-refractivity contribution in [2.75, 3.05) is 25.1 Å². The van der Waals surface area contributed by atoms with Gasteiger partial charge in [-0.25, -0.2) is 19.1 Å². The van der Waals surface area contributed by atoms with Crippen molar-refractivity contribution in [2.24, 2.45) is 7.05 Å². The third kappa shape index (κ3) is 5.88. The Balaban J connectivity index is 1.77. The molecule has 1 aromatic heterocycles. The number of aryl methyl sites for hydroxylation is 1. The van der Waals surface area contributed by atoms with E-state index in [0.29, 0.717) is 5.39 Å². The zero-order valence-electron chi connectivity index (χ0n) is 19.3. The van der Waals surface area contributed by atoms with Crippen molar-refractivity contribution in [1.82, 2.24) is 9.78 Å². The van der Waals surface area contributed by atoms with Gasteiger partial charge in [0.1, 0.15) is 0 Å². The first-order valence-electron chi connectivity index (χ1n) is 10.7. The second-order valence-corrected chi connectivity index (χ2v) is 7.19. The van der Waals surface area contributed by atoms with E-state index in [2.05, 4.69) is 10.4 Å². The molecule has 35 heavy (non-hydrogen) atoms. The molecule has 2 aromatic carbocycles. The molecular weight excluding hydrogens is 458 g/mol. The lowest BCUT2D eigenvalue weighted by molar-refractivity contribution is -0.119. The molecular formula is C24H23N3O8. The smallest absolute Gasteiger partial charge is 0.359 e. The van der Waals surface area contributed by atoms with E-state index in [0.717, 1.165) is 4.68 Å². The van der Waals surface area contributed by atoms with Crippen molar-refractivity contribution in [3.8, 4) is 0 Å². The summed E-state index contributed by atoms with van der Waals surface area (Å²) in [6.07, 6.45) is 0. The molecule has 11 nitrogen and oxygen atoms in total. The average molecular weight is 481 g/mol. The first-order valence-corrected chi connectivity index (χ1v) is 10.7. The van der Waals surface area contributed by atoms with E-state index < -0.39 is 30.4 Å². The molecule has 11 heteroatoms. The molecule has 0 unspecified atom stereocenters. The Bertz CT molecular complexity index is 1330. The van der Waals surface area contributed by atoms with Gasteiger partial charge in [0, 0.05) is 18.1 Å². The summed E-state index contributed by atoms with van der Waals surface area (Å²) in [6.45, 7) is 2.82. The average Bonchev–Trinajstić information content (AvgIpc) is 2.85. The van der Waals surface area contributed by atoms with E-state index in [-0.39, 0.29) is 46.7 Å². The van der Waals surface area contributed by atoms with E-state index in [4.69, 9.17) is 14.2 Å². The fourth-order valence-corrected chi connectivity index (χ4v) is 3.21. The summed E-state index contributed by atoms with van der Waals surface area (Å²) in [7, 11) is 1.40. The standard InChI is InChI=1S/C24H23N3O8/c1-4-33-22(30)14-10-15(23(31)34-5-2)12-16(11-14)25-19(28)13-35-24(32)20-17-8-6-7-9-18(17)21(29)27(3)26-20/h6-12H,4-5,13H2,1-3H3,(H,25,28). The van der Waals surface area contributed by atoms with Gasteiger partial charge in [-0.2, -0.15) is 5.10 Å². The highest BCUT2D eigenvalue weighted by molar-refractivity contribution is 6.04. The summed E-state index contributed by atoms with van der Waals surface area (Å²) in [5, 5.41) is 7.00. The van der Waals surface area contributed by atoms with Gasteiger partial charge in [0.25, 0.3) is 11.5 Å². The van der Waals surface area contributed by atoms with Crippen molar-refractivity contribution in [3.63, 3.8) is 0 Å². The van der Waals surface area contributed by atoms with Gasteiger partial charge in [0.05, 0.1) is 29.7 Å². The van der Waals surface area contributed by atoms with Gasteiger partial charge in [0.2, 0.25) is 0 Å². The van der Waals surface area contributed by atoms with Gasteiger partial charge in [0.15, 0.2) is 12.3 Å². The molecule has 1 N–H and O–H groups in total. The SMILES string of the molecule is CCOC(=O)c1cc(NC(=O)COC(=O)c2nn(C)c(=O)c3ccccc23)cc(C(=O)OCC)c1. The van der Waals surface area contributed by atoms with Gasteiger partial charge in [-0.1, -0.05) is 18.2 Å². The number of aromatic nitrogens is 2. The zero-order chi connectivity index (χ0) is 25.5. The number of nitrogens with zero attached hydrogens (tertiary/aromatic N) is 2. The van der Waals surface area contributed by atoms with Crippen molar-refractivity contribution in [2.45, 2.75) is 13.8 Å². The van der Waals surface area contributed by atoms with Crippen LogP contribution in [0.25, 0.3) is 10.8 Å². The Morgan fingerprint density at radius 1 is 0.857 bits per heavy atom. The molecule has 0 aliphatic heterocycles. The number of nitrogens with one attached hydrogen (secondary N) is 1. The third-order valence-corrected chi connectivity index (χ3v) is 4.72. The number of carbonyl (C=O) groups excluding carboxylic acids is 4. The fourth-order valence-electron chi connectivity index (χ4n) is 3.21. The Kier molecular flexibility index (Phi) is 7.92. The second kappa shape index (κ2) is 11.1. The lowest BCUT2D eigenvalue weighted by atomic mass is 10.1. The maximum absolute atomic E-state index is 12.6. The van der Waals surface area contributed by atoms with Crippen LogP contribution in [0.2, 0.25) is 0 Å². The highest BCUT2D eigenvalue weighted by Crippen LogP contribution is 2.18. The number of esters is 3. The second-order valence-electron chi connectivity index (χ2n) is 7.19. The van der Waals surface area contributed by atoms with Crippen molar-refractivity contribution >= 4 is 40.3 Å². The van der Waals surface area contributed by atoms with E-state index in [1.807, 2.05) is 0 Å². The molecule has 0 spiro atoms. The maximum Gasteiger partial charge on any atom is 0.359 e. The lowest BCUT2D eigenvalue weighted by Crippen LogP contribution is -2.26. The summed E-state index contributed by atoms with van der Waals surface area (Å²) in [5.74, 6) is -3.01. The molecule has 3 aromatic rings. The molecule has 0 aliphatic rings. The number of carbonyl (C=O) groups is 4. The molecule has 0 saturated carbocycles. The van der Waals surface area contributed by atoms with Crippen LogP contribution in [0.4, 0.5) is 5.69 Å². The molecule has 1 heterocycles. The van der Waals surface area contributed by atoms with E-state index in [1.54, 1.807) is 38.1 Å². The zero-order valence-corrected chi connectivity index (χ0v) is 19.3. The van der Waals surface area contributed by atoms with Crippen LogP contribution in [0.5, 0.6) is 0 Å². The third-order valence-electron chi connectivity index (χ3n) is 4.72. The molecule has 0 saturated heterocycles. The molecule has 0 radical (unpaired) electrons. The molecule has 3 rings (SSSR count). The van der Waals surface area contributed by atoms with Gasteiger partial charge >= 0.3 is 17.9 Å². The van der Waals surface area contributed by atoms with Crippen molar-refractivity contribution in [1.29, 1.82) is 0 Å². The summed E-state index contributed by atoms with van der Waals surface area (Å²) < 4.78 is 16.0. The van der Waals surface area contributed by atoms with Crippen LogP contribution in [-0.4, -0.2) is 53.4 Å². The first kappa shape index (κ1) is 25.1. The van der Waals surface area contributed by atoms with Crippen LogP contribution < -0.4 is 10.9 Å². The van der Waals surface area contributed by atoms with Crippen molar-refractivity contribution in [3.05, 3.63) is 69.6 Å². The van der Waals surface area contributed by atoms with E-state index >= 15 is 0 Å². The maximum atomic E-state index is 12.6. The van der Waals surface area contributed by atoms with E-state index in [9.17, 15) is 24.0 Å². The van der Waals surface area contributed by atoms with Gasteiger partial charge in [-0.3, -0.25) is 9.59 Å². The highest BCUT2D eigenvalue weighted by Gasteiger charge is 2.19. The number of amides is 1. The quantitative estimate of drug-likeness (QED) is 0.378. The Morgan fingerprint density at radius 2 is 1.43 bits per heavy atom. The normalized spacial score (nSPS) is 10.5. The fraction of sp³-hybridized carbons (Fsp3) is 0.250. The number of rotatable bonds is 8. The van der Waals surface area contributed by atoms with Crippen LogP contribution in [-0.2, 0) is 26.1 Å². The van der Waals surface area contributed by atoms with Crippen LogP contribution in [0, 0.1) is 0 Å². The Morgan fingerprint density at radius 3 is 2.00 bits per heavy atom. The summed E-state index contributed by atoms with van der Waals surface area (Å²) in [6, 6.07) is 10.3. The topological polar surface area (TPSA) is 143 Å². The minimum absolute atomic E-state index is 0.0329. The number of anilines is 1. The van der Waals surface area contributed by atoms with Crippen LogP contribution in [0.15, 0.2) is 47.3 Å². The minimum atomic E-state index is -0.903. The number of hydrogen-bond acceptors (Lipinski definition) is 9. The van der Waals surface area contributed by atoms with Gasteiger partial charge in [-0.15, -0.1) is 0 Å². The van der Waals surface area contributed by atoms with Gasteiger partial charge < -0.3 is 19.5 Å². The van der Waals surface area contributed by atoms with Crippen molar-refractivity contribution < 1.29 is 33.4 Å². The van der Waals surface area contributed by atoms with E-state index in [1.165, 1.54) is 25.2 Å². The molecule has 0 bridgehead atoms. The summed E-state index contributed by atoms with van der Waals surface area (Å²) >= 11 is 0. The lowest BCUT2D eigenvalue weighted by Gasteiger charge is -2.11. The number of hydrogen-bond donors (Lipinski definition) is 1. The molecule has 182 valence electrons. The monoisotopic (exact) mass is 481 g/mol. The molecule has 0 fully saturated rings. The number of fused-ring (bicyclic) bond motifs is 1. The predicted molar refractivity (Wildman–Crippen MR) is 124 cm³/mol. The predicted octanol–water partition coefficient (Wildman–Crippen LogP) is 2.08. The molecule has 1 amide bonds. The molecule has 0 aliphatic carbocycles. The van der Waals surface area contributed by atoms with Gasteiger partial charge in [-0.05, 0) is 38.1 Å². The number of ether oxygens (including phenoxy) is 3. The van der Waals surface area contributed by atoms with Crippen LogP contribution >= 0.6 is 0 Å². The summed E-state index contributed by atoms with van der Waals surface area (Å²) in [4.78, 5) is 61.6. The summed E-state index contributed by atoms with van der Waals surface area (Å²) in [5.41, 5.74) is -0.334. The Labute approximate surface area is 199 Å². The Hall–Kier alpha value is -4.54. The highest BCUT2D eigenvalue weighted by atomic mass is 16.5. The number of benzene rings is 2. The van der Waals surface area contributed by atoms with Crippen LogP contribution in [0.3, 0.4) is 0 Å².